The van der Waals surface area contributed by atoms with Gasteiger partial charge in [-0.05, 0) is 17.2 Å². The summed E-state index contributed by atoms with van der Waals surface area (Å²) in [5, 5.41) is 6.82. The number of carbonyl (C=O) groups is 1. The van der Waals surface area contributed by atoms with E-state index < -0.39 is 0 Å². The van der Waals surface area contributed by atoms with Crippen molar-refractivity contribution in [2.24, 2.45) is 0 Å². The molecule has 0 atom stereocenters. The van der Waals surface area contributed by atoms with Gasteiger partial charge in [0.2, 0.25) is 11.7 Å². The van der Waals surface area contributed by atoms with Crippen LogP contribution in [0.1, 0.15) is 16.2 Å². The lowest BCUT2D eigenvalue weighted by Gasteiger charge is -2.09. The van der Waals surface area contributed by atoms with Crippen LogP contribution in [0, 0.1) is 0 Å². The third-order valence-corrected chi connectivity index (χ3v) is 4.16. The number of benzene rings is 3. The fourth-order valence-corrected chi connectivity index (χ4v) is 2.83. The largest absolute Gasteiger partial charge is 0.343 e. The van der Waals surface area contributed by atoms with Crippen molar-refractivity contribution in [3.8, 4) is 22.5 Å². The molecule has 0 aliphatic heterocycles. The first-order valence-electron chi connectivity index (χ1n) is 8.62. The number of carbonyl (C=O) groups excluding carboxylic acids is 1. The van der Waals surface area contributed by atoms with Crippen LogP contribution in [-0.4, -0.2) is 16.0 Å². The van der Waals surface area contributed by atoms with E-state index in [-0.39, 0.29) is 12.5 Å². The highest BCUT2D eigenvalue weighted by Gasteiger charge is 2.14. The van der Waals surface area contributed by atoms with Crippen molar-refractivity contribution in [1.82, 2.24) is 15.5 Å². The molecule has 1 heterocycles. The molecular formula is C22H17N3O2. The van der Waals surface area contributed by atoms with Crippen molar-refractivity contribution < 1.29 is 9.32 Å². The first-order valence-corrected chi connectivity index (χ1v) is 8.62. The van der Waals surface area contributed by atoms with E-state index in [2.05, 4.69) is 15.5 Å². The number of rotatable bonds is 5. The van der Waals surface area contributed by atoms with E-state index in [0.29, 0.717) is 17.3 Å². The lowest BCUT2D eigenvalue weighted by molar-refractivity contribution is 0.0947. The van der Waals surface area contributed by atoms with Crippen LogP contribution >= 0.6 is 0 Å². The van der Waals surface area contributed by atoms with Gasteiger partial charge in [-0.15, -0.1) is 0 Å². The molecule has 1 amide bonds. The van der Waals surface area contributed by atoms with Crippen molar-refractivity contribution in [2.45, 2.75) is 6.54 Å². The Hall–Kier alpha value is -3.73. The first-order chi connectivity index (χ1) is 13.3. The molecule has 5 nitrogen and oxygen atoms in total. The Morgan fingerprint density at radius 3 is 2.19 bits per heavy atom. The van der Waals surface area contributed by atoms with Gasteiger partial charge in [-0.2, -0.15) is 4.98 Å². The summed E-state index contributed by atoms with van der Waals surface area (Å²) in [7, 11) is 0. The van der Waals surface area contributed by atoms with Crippen LogP contribution in [0.25, 0.3) is 22.5 Å². The average molecular weight is 355 g/mol. The Labute approximate surface area is 156 Å². The SMILES string of the molecule is O=C(NCc1nc(-c2ccccc2)no1)c1ccccc1-c1ccccc1. The molecule has 0 radical (unpaired) electrons. The van der Waals surface area contributed by atoms with Crippen LogP contribution in [0.5, 0.6) is 0 Å². The number of nitrogens with zero attached hydrogens (tertiary/aromatic N) is 2. The van der Waals surface area contributed by atoms with Crippen LogP contribution < -0.4 is 5.32 Å². The molecule has 0 bridgehead atoms. The molecule has 0 saturated carbocycles. The Balaban J connectivity index is 1.49. The van der Waals surface area contributed by atoms with E-state index in [0.717, 1.165) is 16.7 Å². The zero-order chi connectivity index (χ0) is 18.5. The second kappa shape index (κ2) is 7.66. The Morgan fingerprint density at radius 2 is 1.44 bits per heavy atom. The molecule has 1 N–H and O–H groups in total. The minimum absolute atomic E-state index is 0.168. The third-order valence-electron chi connectivity index (χ3n) is 4.16. The second-order valence-electron chi connectivity index (χ2n) is 5.97. The smallest absolute Gasteiger partial charge is 0.252 e. The summed E-state index contributed by atoms with van der Waals surface area (Å²) in [4.78, 5) is 17.0. The molecule has 4 aromatic rings. The Kier molecular flexibility index (Phi) is 4.74. The van der Waals surface area contributed by atoms with Gasteiger partial charge in [0.1, 0.15) is 0 Å². The van der Waals surface area contributed by atoms with Crippen LogP contribution in [0.3, 0.4) is 0 Å². The second-order valence-corrected chi connectivity index (χ2v) is 5.97. The first kappa shape index (κ1) is 16.7. The van der Waals surface area contributed by atoms with Crippen LogP contribution in [-0.2, 0) is 6.54 Å². The van der Waals surface area contributed by atoms with Gasteiger partial charge in [-0.3, -0.25) is 4.79 Å². The summed E-state index contributed by atoms with van der Waals surface area (Å²) in [5.41, 5.74) is 3.35. The minimum atomic E-state index is -0.186. The zero-order valence-corrected chi connectivity index (χ0v) is 14.5. The minimum Gasteiger partial charge on any atom is -0.343 e. The molecule has 0 aliphatic carbocycles. The monoisotopic (exact) mass is 355 g/mol. The molecule has 0 spiro atoms. The highest BCUT2D eigenvalue weighted by atomic mass is 16.5. The van der Waals surface area contributed by atoms with Crippen molar-refractivity contribution in [2.75, 3.05) is 0 Å². The summed E-state index contributed by atoms with van der Waals surface area (Å²) in [6.45, 7) is 0.168. The number of hydrogen-bond donors (Lipinski definition) is 1. The molecule has 0 unspecified atom stereocenters. The number of nitrogens with one attached hydrogen (secondary N) is 1. The summed E-state index contributed by atoms with van der Waals surface area (Å²) < 4.78 is 5.24. The van der Waals surface area contributed by atoms with Gasteiger partial charge in [-0.1, -0.05) is 84.0 Å². The van der Waals surface area contributed by atoms with Gasteiger partial charge < -0.3 is 9.84 Å². The number of hydrogen-bond acceptors (Lipinski definition) is 4. The van der Waals surface area contributed by atoms with Gasteiger partial charge >= 0.3 is 0 Å². The standard InChI is InChI=1S/C22H17N3O2/c26-22(19-14-8-7-13-18(19)16-9-3-1-4-10-16)23-15-20-24-21(25-27-20)17-11-5-2-6-12-17/h1-14H,15H2,(H,23,26). The summed E-state index contributed by atoms with van der Waals surface area (Å²) in [5.74, 6) is 0.679. The predicted octanol–water partition coefficient (Wildman–Crippen LogP) is 4.33. The molecule has 132 valence electrons. The molecule has 0 saturated heterocycles. The average Bonchev–Trinajstić information content (AvgIpc) is 3.22. The van der Waals surface area contributed by atoms with Gasteiger partial charge in [-0.25, -0.2) is 0 Å². The van der Waals surface area contributed by atoms with E-state index in [1.165, 1.54) is 0 Å². The Bertz CT molecular complexity index is 1040. The van der Waals surface area contributed by atoms with Crippen molar-refractivity contribution in [3.05, 3.63) is 96.4 Å². The van der Waals surface area contributed by atoms with E-state index in [1.54, 1.807) is 6.07 Å². The molecule has 3 aromatic carbocycles. The topological polar surface area (TPSA) is 68.0 Å². The molecule has 5 heteroatoms. The normalized spacial score (nSPS) is 10.5. The Morgan fingerprint density at radius 1 is 0.815 bits per heavy atom. The predicted molar refractivity (Wildman–Crippen MR) is 103 cm³/mol. The van der Waals surface area contributed by atoms with Crippen molar-refractivity contribution in [3.63, 3.8) is 0 Å². The van der Waals surface area contributed by atoms with Crippen LogP contribution in [0.2, 0.25) is 0 Å². The molecule has 0 fully saturated rings. The quantitative estimate of drug-likeness (QED) is 0.578. The lowest BCUT2D eigenvalue weighted by Crippen LogP contribution is -2.23. The molecule has 1 aromatic heterocycles. The van der Waals surface area contributed by atoms with Gasteiger partial charge in [0.05, 0.1) is 6.54 Å². The van der Waals surface area contributed by atoms with E-state index in [4.69, 9.17) is 4.52 Å². The summed E-state index contributed by atoms with van der Waals surface area (Å²) in [6, 6.07) is 26.9. The van der Waals surface area contributed by atoms with Gasteiger partial charge in [0, 0.05) is 11.1 Å². The van der Waals surface area contributed by atoms with E-state index >= 15 is 0 Å². The summed E-state index contributed by atoms with van der Waals surface area (Å²) >= 11 is 0. The van der Waals surface area contributed by atoms with Crippen molar-refractivity contribution in [1.29, 1.82) is 0 Å². The van der Waals surface area contributed by atoms with Gasteiger partial charge in [0.15, 0.2) is 0 Å². The number of aromatic nitrogens is 2. The van der Waals surface area contributed by atoms with E-state index in [9.17, 15) is 4.79 Å². The fourth-order valence-electron chi connectivity index (χ4n) is 2.83. The number of amides is 1. The summed E-state index contributed by atoms with van der Waals surface area (Å²) in [6.07, 6.45) is 0. The van der Waals surface area contributed by atoms with E-state index in [1.807, 2.05) is 78.9 Å². The maximum absolute atomic E-state index is 12.7. The van der Waals surface area contributed by atoms with Gasteiger partial charge in [0.25, 0.3) is 5.91 Å². The highest BCUT2D eigenvalue weighted by Crippen LogP contribution is 2.23. The molecule has 27 heavy (non-hydrogen) atoms. The molecule has 0 aliphatic rings. The molecular weight excluding hydrogens is 338 g/mol. The lowest BCUT2D eigenvalue weighted by atomic mass is 9.99. The van der Waals surface area contributed by atoms with Crippen molar-refractivity contribution >= 4 is 5.91 Å². The van der Waals surface area contributed by atoms with Crippen LogP contribution in [0.4, 0.5) is 0 Å². The maximum Gasteiger partial charge on any atom is 0.252 e. The molecule has 4 rings (SSSR count). The third kappa shape index (κ3) is 3.77. The maximum atomic E-state index is 12.7. The zero-order valence-electron chi connectivity index (χ0n) is 14.5. The fraction of sp³-hybridized carbons (Fsp3) is 0.0455. The highest BCUT2D eigenvalue weighted by molar-refractivity contribution is 6.00. The van der Waals surface area contributed by atoms with Crippen LogP contribution in [0.15, 0.2) is 89.5 Å².